The molecular weight excluding hydrogens is 384 g/mol. The zero-order valence-corrected chi connectivity index (χ0v) is 17.9. The fourth-order valence-electron chi connectivity index (χ4n) is 3.35. The smallest absolute Gasteiger partial charge is 0.270 e. The minimum absolute atomic E-state index is 0.00860. The third kappa shape index (κ3) is 5.82. The van der Waals surface area contributed by atoms with E-state index in [0.717, 1.165) is 42.4 Å². The van der Waals surface area contributed by atoms with Crippen molar-refractivity contribution in [2.75, 3.05) is 33.7 Å². The first kappa shape index (κ1) is 21.4. The van der Waals surface area contributed by atoms with Crippen molar-refractivity contribution in [2.45, 2.75) is 19.4 Å². The third-order valence-electron chi connectivity index (χ3n) is 5.24. The average molecular weight is 413 g/mol. The minimum Gasteiger partial charge on any atom is -0.351 e. The summed E-state index contributed by atoms with van der Waals surface area (Å²) in [5.41, 5.74) is 9.65. The zero-order valence-electron chi connectivity index (χ0n) is 17.1. The summed E-state index contributed by atoms with van der Waals surface area (Å²) in [6.07, 6.45) is 2.13. The number of H-pyrrole nitrogens is 1. The molecule has 6 heteroatoms. The topological polar surface area (TPSA) is 65.4 Å². The molecule has 0 saturated heterocycles. The molecule has 3 N–H and O–H groups in total. The third-order valence-corrected chi connectivity index (χ3v) is 5.48. The van der Waals surface area contributed by atoms with Gasteiger partial charge in [0, 0.05) is 42.6 Å². The SMILES string of the molecule is CN(CCCc1ccc(CN)cc1)CCN(C)C(=O)c1cc2cc(Cl)ccc2[nH]1. The van der Waals surface area contributed by atoms with Crippen LogP contribution in [0.25, 0.3) is 10.9 Å². The number of hydrogen-bond donors (Lipinski definition) is 2. The molecule has 0 spiro atoms. The van der Waals surface area contributed by atoms with Crippen molar-refractivity contribution in [3.05, 3.63) is 70.4 Å². The summed E-state index contributed by atoms with van der Waals surface area (Å²) in [4.78, 5) is 19.9. The molecule has 0 aliphatic rings. The Morgan fingerprint density at radius 3 is 2.45 bits per heavy atom. The van der Waals surface area contributed by atoms with Crippen LogP contribution in [0, 0.1) is 0 Å². The Morgan fingerprint density at radius 2 is 1.72 bits per heavy atom. The minimum atomic E-state index is -0.00860. The first-order chi connectivity index (χ1) is 14.0. The van der Waals surface area contributed by atoms with Crippen LogP contribution >= 0.6 is 11.6 Å². The van der Waals surface area contributed by atoms with Gasteiger partial charge in [0.15, 0.2) is 0 Å². The number of aryl methyl sites for hydroxylation is 1. The molecule has 154 valence electrons. The van der Waals surface area contributed by atoms with Crippen LogP contribution in [0.4, 0.5) is 0 Å². The van der Waals surface area contributed by atoms with Crippen molar-refractivity contribution < 1.29 is 4.79 Å². The Labute approximate surface area is 177 Å². The molecule has 0 radical (unpaired) electrons. The van der Waals surface area contributed by atoms with Gasteiger partial charge in [0.1, 0.15) is 5.69 Å². The Hall–Kier alpha value is -2.34. The number of nitrogens with two attached hydrogens (primary N) is 1. The number of aromatic nitrogens is 1. The van der Waals surface area contributed by atoms with Gasteiger partial charge in [-0.15, -0.1) is 0 Å². The highest BCUT2D eigenvalue weighted by Crippen LogP contribution is 2.20. The van der Waals surface area contributed by atoms with Gasteiger partial charge in [-0.05, 0) is 61.8 Å². The molecule has 3 aromatic rings. The summed E-state index contributed by atoms with van der Waals surface area (Å²) in [6.45, 7) is 3.09. The van der Waals surface area contributed by atoms with Crippen molar-refractivity contribution in [1.29, 1.82) is 0 Å². The van der Waals surface area contributed by atoms with E-state index < -0.39 is 0 Å². The van der Waals surface area contributed by atoms with E-state index in [1.165, 1.54) is 5.56 Å². The second kappa shape index (κ2) is 9.92. The number of amides is 1. The normalized spacial score (nSPS) is 11.3. The van der Waals surface area contributed by atoms with Crippen molar-refractivity contribution in [1.82, 2.24) is 14.8 Å². The highest BCUT2D eigenvalue weighted by Gasteiger charge is 2.15. The van der Waals surface area contributed by atoms with Crippen LogP contribution in [-0.4, -0.2) is 54.4 Å². The molecule has 0 aliphatic heterocycles. The lowest BCUT2D eigenvalue weighted by molar-refractivity contribution is 0.0778. The van der Waals surface area contributed by atoms with Crippen molar-refractivity contribution in [3.8, 4) is 0 Å². The highest BCUT2D eigenvalue weighted by molar-refractivity contribution is 6.31. The Morgan fingerprint density at radius 1 is 1.00 bits per heavy atom. The monoisotopic (exact) mass is 412 g/mol. The Bertz CT molecular complexity index is 951. The van der Waals surface area contributed by atoms with Gasteiger partial charge in [0.25, 0.3) is 5.91 Å². The summed E-state index contributed by atoms with van der Waals surface area (Å²) >= 11 is 6.03. The number of hydrogen-bond acceptors (Lipinski definition) is 3. The van der Waals surface area contributed by atoms with Gasteiger partial charge >= 0.3 is 0 Å². The van der Waals surface area contributed by atoms with E-state index in [-0.39, 0.29) is 5.91 Å². The lowest BCUT2D eigenvalue weighted by Gasteiger charge is -2.22. The van der Waals surface area contributed by atoms with E-state index in [4.69, 9.17) is 17.3 Å². The van der Waals surface area contributed by atoms with E-state index in [1.54, 1.807) is 4.90 Å². The summed E-state index contributed by atoms with van der Waals surface area (Å²) in [5.74, 6) is -0.00860. The number of likely N-dealkylation sites (N-methyl/N-ethyl adjacent to an activating group) is 2. The first-order valence-electron chi connectivity index (χ1n) is 9.96. The molecular formula is C23H29ClN4O. The maximum Gasteiger partial charge on any atom is 0.270 e. The standard InChI is InChI=1S/C23H29ClN4O/c1-27(11-3-4-17-5-7-18(16-25)8-6-17)12-13-28(2)23(29)22-15-19-14-20(24)9-10-21(19)26-22/h5-10,14-15,26H,3-4,11-13,16,25H2,1-2H3. The number of nitrogens with one attached hydrogen (secondary N) is 1. The van der Waals surface area contributed by atoms with Gasteiger partial charge in [0.05, 0.1) is 0 Å². The Balaban J connectivity index is 1.43. The van der Waals surface area contributed by atoms with Crippen LogP contribution in [0.1, 0.15) is 28.0 Å². The van der Waals surface area contributed by atoms with E-state index >= 15 is 0 Å². The number of fused-ring (bicyclic) bond motifs is 1. The molecule has 0 saturated carbocycles. The maximum atomic E-state index is 12.7. The van der Waals surface area contributed by atoms with Crippen molar-refractivity contribution in [3.63, 3.8) is 0 Å². The fourth-order valence-corrected chi connectivity index (χ4v) is 3.53. The molecule has 0 bridgehead atoms. The predicted molar refractivity (Wildman–Crippen MR) is 120 cm³/mol. The summed E-state index contributed by atoms with van der Waals surface area (Å²) in [6, 6.07) is 15.9. The first-order valence-corrected chi connectivity index (χ1v) is 10.3. The molecule has 2 aromatic carbocycles. The van der Waals surface area contributed by atoms with E-state index in [0.29, 0.717) is 23.8 Å². The molecule has 29 heavy (non-hydrogen) atoms. The van der Waals surface area contributed by atoms with Crippen LogP contribution in [-0.2, 0) is 13.0 Å². The number of carbonyl (C=O) groups excluding carboxylic acids is 1. The van der Waals surface area contributed by atoms with Crippen molar-refractivity contribution >= 4 is 28.4 Å². The second-order valence-corrected chi connectivity index (χ2v) is 8.01. The van der Waals surface area contributed by atoms with Crippen LogP contribution in [0.2, 0.25) is 5.02 Å². The second-order valence-electron chi connectivity index (χ2n) is 7.57. The van der Waals surface area contributed by atoms with Crippen LogP contribution in [0.5, 0.6) is 0 Å². The summed E-state index contributed by atoms with van der Waals surface area (Å²) in [5, 5.41) is 1.62. The van der Waals surface area contributed by atoms with Gasteiger partial charge in [-0.1, -0.05) is 35.9 Å². The highest BCUT2D eigenvalue weighted by atomic mass is 35.5. The molecule has 0 atom stereocenters. The number of halogens is 1. The lowest BCUT2D eigenvalue weighted by atomic mass is 10.1. The number of rotatable bonds is 9. The van der Waals surface area contributed by atoms with Gasteiger partial charge in [-0.25, -0.2) is 0 Å². The largest absolute Gasteiger partial charge is 0.351 e. The van der Waals surface area contributed by atoms with Gasteiger partial charge in [-0.2, -0.15) is 0 Å². The van der Waals surface area contributed by atoms with Crippen LogP contribution in [0.3, 0.4) is 0 Å². The Kier molecular flexibility index (Phi) is 7.31. The number of aromatic amines is 1. The van der Waals surface area contributed by atoms with Crippen LogP contribution < -0.4 is 5.73 Å². The number of nitrogens with zero attached hydrogens (tertiary/aromatic N) is 2. The number of carbonyl (C=O) groups is 1. The molecule has 3 rings (SSSR count). The predicted octanol–water partition coefficient (Wildman–Crippen LogP) is 3.92. The van der Waals surface area contributed by atoms with Gasteiger partial charge in [-0.3, -0.25) is 4.79 Å². The molecule has 1 amide bonds. The quantitative estimate of drug-likeness (QED) is 0.559. The van der Waals surface area contributed by atoms with E-state index in [2.05, 4.69) is 41.2 Å². The fraction of sp³-hybridized carbons (Fsp3) is 0.348. The molecule has 1 heterocycles. The molecule has 0 fully saturated rings. The maximum absolute atomic E-state index is 12.7. The van der Waals surface area contributed by atoms with E-state index in [9.17, 15) is 4.79 Å². The summed E-state index contributed by atoms with van der Waals surface area (Å²) < 4.78 is 0. The molecule has 0 aliphatic carbocycles. The average Bonchev–Trinajstić information content (AvgIpc) is 3.15. The summed E-state index contributed by atoms with van der Waals surface area (Å²) in [7, 11) is 3.94. The molecule has 5 nitrogen and oxygen atoms in total. The van der Waals surface area contributed by atoms with Crippen LogP contribution in [0.15, 0.2) is 48.5 Å². The van der Waals surface area contributed by atoms with E-state index in [1.807, 2.05) is 31.3 Å². The molecule has 1 aromatic heterocycles. The van der Waals surface area contributed by atoms with Gasteiger partial charge < -0.3 is 20.5 Å². The van der Waals surface area contributed by atoms with Gasteiger partial charge in [0.2, 0.25) is 0 Å². The number of benzene rings is 2. The van der Waals surface area contributed by atoms with Crippen molar-refractivity contribution in [2.24, 2.45) is 5.73 Å². The zero-order chi connectivity index (χ0) is 20.8. The molecule has 0 unspecified atom stereocenters. The lowest BCUT2D eigenvalue weighted by Crippen LogP contribution is -2.35.